The fourth-order valence-electron chi connectivity index (χ4n) is 1.66. The summed E-state index contributed by atoms with van der Waals surface area (Å²) in [7, 11) is 0. The lowest BCUT2D eigenvalue weighted by molar-refractivity contribution is 0.152. The van der Waals surface area contributed by atoms with E-state index in [2.05, 4.69) is 19.2 Å². The van der Waals surface area contributed by atoms with Crippen molar-refractivity contribution in [3.63, 3.8) is 0 Å². The quantitative estimate of drug-likeness (QED) is 0.583. The number of nitrogens with two attached hydrogens (primary N) is 1. The number of hydrogen-bond donors (Lipinski definition) is 2. The molecule has 2 nitrogen and oxygen atoms in total. The number of hydrogen-bond acceptors (Lipinski definition) is 2. The highest BCUT2D eigenvalue weighted by Crippen LogP contribution is 2.28. The standard InChI is InChI=1S/C13H20F2N2/c1-9(2)4-3-7-17-12-6-5-10(16)8-11(12)13(14)15/h5-6,8-9,13,17H,3-4,7,16H2,1-2H3. The lowest BCUT2D eigenvalue weighted by Gasteiger charge is -2.12. The van der Waals surface area contributed by atoms with E-state index in [4.69, 9.17) is 5.73 Å². The molecule has 0 radical (unpaired) electrons. The molecule has 0 aromatic heterocycles. The maximum absolute atomic E-state index is 12.7. The summed E-state index contributed by atoms with van der Waals surface area (Å²) >= 11 is 0. The first-order chi connectivity index (χ1) is 8.00. The molecule has 0 saturated carbocycles. The Morgan fingerprint density at radius 3 is 2.59 bits per heavy atom. The van der Waals surface area contributed by atoms with Crippen LogP contribution in [0.4, 0.5) is 20.2 Å². The van der Waals surface area contributed by atoms with Crippen molar-refractivity contribution in [3.05, 3.63) is 23.8 Å². The average molecular weight is 242 g/mol. The van der Waals surface area contributed by atoms with Gasteiger partial charge in [-0.1, -0.05) is 13.8 Å². The molecule has 0 unspecified atom stereocenters. The molecule has 4 heteroatoms. The van der Waals surface area contributed by atoms with Crippen molar-refractivity contribution in [2.45, 2.75) is 33.1 Å². The smallest absolute Gasteiger partial charge is 0.265 e. The Kier molecular flexibility index (Phi) is 5.19. The Labute approximate surface area is 101 Å². The number of benzene rings is 1. The Morgan fingerprint density at radius 1 is 1.29 bits per heavy atom. The molecule has 1 aromatic rings. The number of halogens is 2. The fourth-order valence-corrected chi connectivity index (χ4v) is 1.66. The van der Waals surface area contributed by atoms with Crippen LogP contribution in [-0.4, -0.2) is 6.54 Å². The third-order valence-corrected chi connectivity index (χ3v) is 2.58. The van der Waals surface area contributed by atoms with Gasteiger partial charge in [0.1, 0.15) is 0 Å². The molecular weight excluding hydrogens is 222 g/mol. The van der Waals surface area contributed by atoms with Crippen molar-refractivity contribution in [3.8, 4) is 0 Å². The van der Waals surface area contributed by atoms with Gasteiger partial charge in [0.2, 0.25) is 0 Å². The van der Waals surface area contributed by atoms with Crippen molar-refractivity contribution >= 4 is 11.4 Å². The topological polar surface area (TPSA) is 38.0 Å². The lowest BCUT2D eigenvalue weighted by Crippen LogP contribution is -2.06. The molecule has 0 aliphatic heterocycles. The predicted molar refractivity (Wildman–Crippen MR) is 68.4 cm³/mol. The molecule has 1 aromatic carbocycles. The molecule has 96 valence electrons. The van der Waals surface area contributed by atoms with E-state index in [9.17, 15) is 8.78 Å². The van der Waals surface area contributed by atoms with Crippen LogP contribution in [0.1, 0.15) is 38.7 Å². The monoisotopic (exact) mass is 242 g/mol. The number of anilines is 2. The van der Waals surface area contributed by atoms with Crippen molar-refractivity contribution in [1.29, 1.82) is 0 Å². The summed E-state index contributed by atoms with van der Waals surface area (Å²) in [4.78, 5) is 0. The van der Waals surface area contributed by atoms with Crippen LogP contribution in [0.2, 0.25) is 0 Å². The number of nitrogens with one attached hydrogen (secondary N) is 1. The summed E-state index contributed by atoms with van der Waals surface area (Å²) in [6, 6.07) is 4.58. The van der Waals surface area contributed by atoms with Crippen LogP contribution >= 0.6 is 0 Å². The van der Waals surface area contributed by atoms with Crippen molar-refractivity contribution in [1.82, 2.24) is 0 Å². The number of nitrogen functional groups attached to an aromatic ring is 1. The van der Waals surface area contributed by atoms with Gasteiger partial charge in [-0.15, -0.1) is 0 Å². The first-order valence-electron chi connectivity index (χ1n) is 5.92. The highest BCUT2D eigenvalue weighted by Gasteiger charge is 2.12. The van der Waals surface area contributed by atoms with Crippen LogP contribution < -0.4 is 11.1 Å². The zero-order valence-corrected chi connectivity index (χ0v) is 10.3. The Morgan fingerprint density at radius 2 is 2.00 bits per heavy atom. The maximum atomic E-state index is 12.7. The van der Waals surface area contributed by atoms with Gasteiger partial charge in [-0.05, 0) is 37.0 Å². The minimum Gasteiger partial charge on any atom is -0.399 e. The van der Waals surface area contributed by atoms with Gasteiger partial charge in [-0.2, -0.15) is 0 Å². The largest absolute Gasteiger partial charge is 0.399 e. The molecular formula is C13H20F2N2. The normalized spacial score (nSPS) is 11.2. The summed E-state index contributed by atoms with van der Waals surface area (Å²) in [5.41, 5.74) is 6.33. The van der Waals surface area contributed by atoms with E-state index >= 15 is 0 Å². The van der Waals surface area contributed by atoms with Crippen molar-refractivity contribution in [2.24, 2.45) is 5.92 Å². The van der Waals surface area contributed by atoms with E-state index in [0.717, 1.165) is 12.8 Å². The van der Waals surface area contributed by atoms with Gasteiger partial charge in [0.15, 0.2) is 0 Å². The second-order valence-electron chi connectivity index (χ2n) is 4.61. The second kappa shape index (κ2) is 6.42. The number of rotatable bonds is 6. The average Bonchev–Trinajstić information content (AvgIpc) is 2.25. The van der Waals surface area contributed by atoms with Crippen LogP contribution in [0.25, 0.3) is 0 Å². The zero-order chi connectivity index (χ0) is 12.8. The van der Waals surface area contributed by atoms with Gasteiger partial charge in [-0.3, -0.25) is 0 Å². The lowest BCUT2D eigenvalue weighted by atomic mass is 10.1. The molecule has 0 aliphatic carbocycles. The Balaban J connectivity index is 2.58. The highest BCUT2D eigenvalue weighted by molar-refractivity contribution is 5.58. The molecule has 0 spiro atoms. The van der Waals surface area contributed by atoms with Crippen LogP contribution in [0.5, 0.6) is 0 Å². The van der Waals surface area contributed by atoms with Gasteiger partial charge < -0.3 is 11.1 Å². The molecule has 0 saturated heterocycles. The molecule has 17 heavy (non-hydrogen) atoms. The van der Waals surface area contributed by atoms with Crippen LogP contribution in [0.15, 0.2) is 18.2 Å². The fraction of sp³-hybridized carbons (Fsp3) is 0.538. The molecule has 0 amide bonds. The zero-order valence-electron chi connectivity index (χ0n) is 10.3. The molecule has 0 aliphatic rings. The van der Waals surface area contributed by atoms with Gasteiger partial charge in [-0.25, -0.2) is 8.78 Å². The third-order valence-electron chi connectivity index (χ3n) is 2.58. The van der Waals surface area contributed by atoms with Gasteiger partial charge in [0, 0.05) is 23.5 Å². The highest BCUT2D eigenvalue weighted by atomic mass is 19.3. The molecule has 0 bridgehead atoms. The minimum atomic E-state index is -2.49. The summed E-state index contributed by atoms with van der Waals surface area (Å²) in [6.07, 6.45) is -0.428. The summed E-state index contributed by atoms with van der Waals surface area (Å²) in [6.45, 7) is 5.00. The Hall–Kier alpha value is -1.32. The van der Waals surface area contributed by atoms with Crippen LogP contribution in [0, 0.1) is 5.92 Å². The summed E-state index contributed by atoms with van der Waals surface area (Å²) in [5, 5.41) is 3.04. The maximum Gasteiger partial charge on any atom is 0.265 e. The van der Waals surface area contributed by atoms with Crippen molar-refractivity contribution < 1.29 is 8.78 Å². The number of alkyl halides is 2. The third kappa shape index (κ3) is 4.59. The first kappa shape index (κ1) is 13.7. The van der Waals surface area contributed by atoms with Gasteiger partial charge in [0.05, 0.1) is 0 Å². The predicted octanol–water partition coefficient (Wildman–Crippen LogP) is 4.05. The van der Waals surface area contributed by atoms with E-state index in [1.807, 2.05) is 0 Å². The first-order valence-corrected chi connectivity index (χ1v) is 5.92. The van der Waals surface area contributed by atoms with Gasteiger partial charge in [0.25, 0.3) is 6.43 Å². The van der Waals surface area contributed by atoms with E-state index in [1.165, 1.54) is 6.07 Å². The molecule has 0 heterocycles. The summed E-state index contributed by atoms with van der Waals surface area (Å²) in [5.74, 6) is 0.637. The molecule has 3 N–H and O–H groups in total. The van der Waals surface area contributed by atoms with Crippen LogP contribution in [0.3, 0.4) is 0 Å². The SMILES string of the molecule is CC(C)CCCNc1ccc(N)cc1C(F)F. The Bertz CT molecular complexity index is 351. The molecule has 1 rings (SSSR count). The molecule has 0 atom stereocenters. The summed E-state index contributed by atoms with van der Waals surface area (Å²) < 4.78 is 25.5. The van der Waals surface area contributed by atoms with Crippen molar-refractivity contribution in [2.75, 3.05) is 17.6 Å². The van der Waals surface area contributed by atoms with E-state index in [0.29, 0.717) is 23.8 Å². The van der Waals surface area contributed by atoms with Gasteiger partial charge >= 0.3 is 0 Å². The van der Waals surface area contributed by atoms with E-state index < -0.39 is 6.43 Å². The molecule has 0 fully saturated rings. The van der Waals surface area contributed by atoms with E-state index in [-0.39, 0.29) is 5.56 Å². The van der Waals surface area contributed by atoms with Crippen LogP contribution in [-0.2, 0) is 0 Å². The second-order valence-corrected chi connectivity index (χ2v) is 4.61. The minimum absolute atomic E-state index is 0.0189. The van der Waals surface area contributed by atoms with E-state index in [1.54, 1.807) is 12.1 Å².